The number of rotatable bonds is 6. The van der Waals surface area contributed by atoms with E-state index in [0.717, 1.165) is 18.8 Å². The van der Waals surface area contributed by atoms with E-state index in [1.54, 1.807) is 19.1 Å². The molecule has 0 bridgehead atoms. The highest BCUT2D eigenvalue weighted by atomic mass is 16.6. The summed E-state index contributed by atoms with van der Waals surface area (Å²) in [7, 11) is 0. The average Bonchev–Trinajstić information content (AvgIpc) is 2.67. The van der Waals surface area contributed by atoms with Crippen molar-refractivity contribution in [1.82, 2.24) is 10.9 Å². The predicted octanol–water partition coefficient (Wildman–Crippen LogP) is 2.82. The molecule has 2 N–H and O–H groups in total. The number of nitro groups is 1. The molecule has 0 aromatic heterocycles. The van der Waals surface area contributed by atoms with Crippen LogP contribution in [0.1, 0.15) is 40.1 Å². The molecule has 0 radical (unpaired) electrons. The van der Waals surface area contributed by atoms with Gasteiger partial charge in [-0.2, -0.15) is 0 Å². The Morgan fingerprint density at radius 1 is 0.963 bits per heavy atom. The van der Waals surface area contributed by atoms with Crippen LogP contribution >= 0.6 is 0 Å². The van der Waals surface area contributed by atoms with Crippen LogP contribution in [-0.2, 0) is 0 Å². The molecule has 0 aliphatic rings. The second kappa shape index (κ2) is 8.79. The Morgan fingerprint density at radius 2 is 1.48 bits per heavy atom. The van der Waals surface area contributed by atoms with Gasteiger partial charge in [-0.3, -0.25) is 30.6 Å². The van der Waals surface area contributed by atoms with Crippen LogP contribution in [0.3, 0.4) is 0 Å². The first-order valence-corrected chi connectivity index (χ1v) is 8.58. The summed E-state index contributed by atoms with van der Waals surface area (Å²) in [5.74, 6) is -1.01. The van der Waals surface area contributed by atoms with Crippen molar-refractivity contribution in [2.75, 3.05) is 18.0 Å². The van der Waals surface area contributed by atoms with E-state index in [1.807, 2.05) is 12.1 Å². The topological polar surface area (TPSA) is 105 Å². The van der Waals surface area contributed by atoms with Crippen LogP contribution in [0.15, 0.2) is 42.5 Å². The van der Waals surface area contributed by atoms with Gasteiger partial charge in [-0.15, -0.1) is 0 Å². The molecular formula is C19H22N4O4. The molecule has 0 spiro atoms. The van der Waals surface area contributed by atoms with Gasteiger partial charge in [0.05, 0.1) is 4.92 Å². The Bertz CT molecular complexity index is 845. The molecule has 8 heteroatoms. The fourth-order valence-corrected chi connectivity index (χ4v) is 2.67. The van der Waals surface area contributed by atoms with Crippen molar-refractivity contribution < 1.29 is 14.5 Å². The second-order valence-corrected chi connectivity index (χ2v) is 5.89. The van der Waals surface area contributed by atoms with E-state index in [9.17, 15) is 19.7 Å². The van der Waals surface area contributed by atoms with Crippen molar-refractivity contribution in [3.63, 3.8) is 0 Å². The molecule has 0 heterocycles. The van der Waals surface area contributed by atoms with Crippen LogP contribution in [0.25, 0.3) is 0 Å². The van der Waals surface area contributed by atoms with Gasteiger partial charge in [0.2, 0.25) is 0 Å². The van der Waals surface area contributed by atoms with Gasteiger partial charge in [-0.25, -0.2) is 0 Å². The Balaban J connectivity index is 1.99. The SMILES string of the molecule is CCN(CC)c1ccc(C(=O)NNC(=O)c2ccc([N+](=O)[O-])c(C)c2)cc1. The maximum absolute atomic E-state index is 12.2. The van der Waals surface area contributed by atoms with E-state index in [2.05, 4.69) is 29.6 Å². The summed E-state index contributed by atoms with van der Waals surface area (Å²) in [5, 5.41) is 10.8. The molecule has 0 aliphatic heterocycles. The van der Waals surface area contributed by atoms with Crippen LogP contribution in [0.2, 0.25) is 0 Å². The van der Waals surface area contributed by atoms with Crippen LogP contribution in [0.4, 0.5) is 11.4 Å². The molecule has 2 amide bonds. The van der Waals surface area contributed by atoms with E-state index in [1.165, 1.54) is 18.2 Å². The van der Waals surface area contributed by atoms with Crippen LogP contribution in [0.5, 0.6) is 0 Å². The molecule has 27 heavy (non-hydrogen) atoms. The number of anilines is 1. The van der Waals surface area contributed by atoms with Gasteiger partial charge < -0.3 is 4.90 Å². The van der Waals surface area contributed by atoms with E-state index in [0.29, 0.717) is 11.1 Å². The van der Waals surface area contributed by atoms with E-state index in [4.69, 9.17) is 0 Å². The van der Waals surface area contributed by atoms with Crippen molar-refractivity contribution >= 4 is 23.2 Å². The molecule has 0 aliphatic carbocycles. The molecule has 0 saturated carbocycles. The van der Waals surface area contributed by atoms with E-state index >= 15 is 0 Å². The Morgan fingerprint density at radius 3 is 1.96 bits per heavy atom. The van der Waals surface area contributed by atoms with Gasteiger partial charge in [-0.05, 0) is 57.2 Å². The maximum atomic E-state index is 12.2. The molecule has 2 aromatic carbocycles. The lowest BCUT2D eigenvalue weighted by atomic mass is 10.1. The average molecular weight is 370 g/mol. The van der Waals surface area contributed by atoms with Crippen molar-refractivity contribution in [2.24, 2.45) is 0 Å². The number of carbonyl (C=O) groups is 2. The quantitative estimate of drug-likeness (QED) is 0.601. The molecule has 0 unspecified atom stereocenters. The molecule has 8 nitrogen and oxygen atoms in total. The van der Waals surface area contributed by atoms with Gasteiger partial charge in [0, 0.05) is 41.5 Å². The lowest BCUT2D eigenvalue weighted by Gasteiger charge is -2.21. The van der Waals surface area contributed by atoms with Crippen LogP contribution in [0, 0.1) is 17.0 Å². The first-order chi connectivity index (χ1) is 12.9. The molecule has 2 rings (SSSR count). The number of hydrazine groups is 1. The number of hydrogen-bond donors (Lipinski definition) is 2. The van der Waals surface area contributed by atoms with Gasteiger partial charge in [0.15, 0.2) is 0 Å². The Kier molecular flexibility index (Phi) is 6.48. The minimum absolute atomic E-state index is 0.0659. The van der Waals surface area contributed by atoms with Crippen molar-refractivity contribution in [1.29, 1.82) is 0 Å². The van der Waals surface area contributed by atoms with Gasteiger partial charge >= 0.3 is 0 Å². The standard InChI is InChI=1S/C19H22N4O4/c1-4-22(5-2)16-9-6-14(7-10-16)18(24)20-21-19(25)15-8-11-17(23(26)27)13(3)12-15/h6-12H,4-5H2,1-3H3,(H,20,24)(H,21,25). The second-order valence-electron chi connectivity index (χ2n) is 5.89. The smallest absolute Gasteiger partial charge is 0.272 e. The summed E-state index contributed by atoms with van der Waals surface area (Å²) in [5.41, 5.74) is 6.60. The van der Waals surface area contributed by atoms with Crippen molar-refractivity contribution in [3.05, 3.63) is 69.3 Å². The largest absolute Gasteiger partial charge is 0.372 e. The number of nitrogens with zero attached hydrogens (tertiary/aromatic N) is 2. The third-order valence-electron chi connectivity index (χ3n) is 4.20. The molecule has 0 atom stereocenters. The lowest BCUT2D eigenvalue weighted by Crippen LogP contribution is -2.41. The maximum Gasteiger partial charge on any atom is 0.272 e. The van der Waals surface area contributed by atoms with Gasteiger partial charge in [0.1, 0.15) is 0 Å². The number of carbonyl (C=O) groups excluding carboxylic acids is 2. The summed E-state index contributed by atoms with van der Waals surface area (Å²) in [6, 6.07) is 11.1. The first kappa shape index (κ1) is 19.9. The van der Waals surface area contributed by atoms with Crippen molar-refractivity contribution in [2.45, 2.75) is 20.8 Å². The minimum atomic E-state index is -0.555. The summed E-state index contributed by atoms with van der Waals surface area (Å²) >= 11 is 0. The number of aryl methyl sites for hydroxylation is 1. The highest BCUT2D eigenvalue weighted by Gasteiger charge is 2.14. The number of nitrogens with one attached hydrogen (secondary N) is 2. The fourth-order valence-electron chi connectivity index (χ4n) is 2.67. The molecule has 0 saturated heterocycles. The normalized spacial score (nSPS) is 10.2. The van der Waals surface area contributed by atoms with Gasteiger partial charge in [-0.1, -0.05) is 0 Å². The zero-order chi connectivity index (χ0) is 20.0. The molecule has 142 valence electrons. The minimum Gasteiger partial charge on any atom is -0.372 e. The third kappa shape index (κ3) is 4.81. The fraction of sp³-hybridized carbons (Fsp3) is 0.263. The summed E-state index contributed by atoms with van der Waals surface area (Å²) in [4.78, 5) is 36.8. The number of benzene rings is 2. The predicted molar refractivity (Wildman–Crippen MR) is 103 cm³/mol. The van der Waals surface area contributed by atoms with E-state index in [-0.39, 0.29) is 11.3 Å². The highest BCUT2D eigenvalue weighted by Crippen LogP contribution is 2.18. The number of hydrogen-bond acceptors (Lipinski definition) is 5. The Hall–Kier alpha value is -3.42. The zero-order valence-corrected chi connectivity index (χ0v) is 15.5. The van der Waals surface area contributed by atoms with Crippen LogP contribution in [-0.4, -0.2) is 29.8 Å². The van der Waals surface area contributed by atoms with Gasteiger partial charge in [0.25, 0.3) is 17.5 Å². The van der Waals surface area contributed by atoms with Crippen LogP contribution < -0.4 is 15.8 Å². The number of nitro benzene ring substituents is 1. The Labute approximate surface area is 157 Å². The summed E-state index contributed by atoms with van der Waals surface area (Å²) < 4.78 is 0. The highest BCUT2D eigenvalue weighted by molar-refractivity contribution is 5.99. The molecule has 0 fully saturated rings. The third-order valence-corrected chi connectivity index (χ3v) is 4.20. The first-order valence-electron chi connectivity index (χ1n) is 8.58. The monoisotopic (exact) mass is 370 g/mol. The lowest BCUT2D eigenvalue weighted by molar-refractivity contribution is -0.385. The molecule has 2 aromatic rings. The summed E-state index contributed by atoms with van der Waals surface area (Å²) in [6.07, 6.45) is 0. The molecular weight excluding hydrogens is 348 g/mol. The van der Waals surface area contributed by atoms with E-state index < -0.39 is 16.7 Å². The zero-order valence-electron chi connectivity index (χ0n) is 15.5. The van der Waals surface area contributed by atoms with Crippen molar-refractivity contribution in [3.8, 4) is 0 Å². The summed E-state index contributed by atoms with van der Waals surface area (Å²) in [6.45, 7) is 7.39. The number of amides is 2.